The monoisotopic (exact) mass is 548 g/mol. The Kier molecular flexibility index (Phi) is 6.58. The number of nitrogens with two attached hydrogens (primary N) is 1. The zero-order chi connectivity index (χ0) is 28.1. The zero-order valence-corrected chi connectivity index (χ0v) is 20.3. The number of fused-ring (bicyclic) bond motifs is 1. The largest absolute Gasteiger partial charge is 0.503 e. The average Bonchev–Trinajstić information content (AvgIpc) is 3.22. The van der Waals surface area contributed by atoms with Gasteiger partial charge in [0.1, 0.15) is 5.69 Å². The number of aromatic hydroxyl groups is 1. The third kappa shape index (κ3) is 4.94. The lowest BCUT2D eigenvalue weighted by Crippen LogP contribution is -2.44. The maximum atomic E-state index is 14.7. The number of hydrogen-bond acceptors (Lipinski definition) is 7. The molecular formula is C25H21F5N6O3. The second-order valence-electron chi connectivity index (χ2n) is 9.03. The van der Waals surface area contributed by atoms with Gasteiger partial charge in [0.15, 0.2) is 23.0 Å². The van der Waals surface area contributed by atoms with Crippen LogP contribution in [0.1, 0.15) is 21.5 Å². The molecule has 9 nitrogen and oxygen atoms in total. The number of anilines is 1. The number of morpholine rings is 1. The Balaban J connectivity index is 1.43. The van der Waals surface area contributed by atoms with Gasteiger partial charge in [0.05, 0.1) is 23.7 Å². The molecule has 204 valence electrons. The molecule has 5 rings (SSSR count). The van der Waals surface area contributed by atoms with Gasteiger partial charge in [-0.1, -0.05) is 12.1 Å². The number of carbonyl (C=O) groups is 1. The van der Waals surface area contributed by atoms with Gasteiger partial charge in [-0.3, -0.25) is 4.79 Å². The number of ether oxygens (including phenoxy) is 1. The molecule has 0 unspecified atom stereocenters. The average molecular weight is 548 g/mol. The van der Waals surface area contributed by atoms with E-state index < -0.39 is 40.6 Å². The van der Waals surface area contributed by atoms with Crippen molar-refractivity contribution in [2.45, 2.75) is 18.7 Å². The number of primary amides is 1. The number of aromatic nitrogens is 4. The summed E-state index contributed by atoms with van der Waals surface area (Å²) in [4.78, 5) is 21.9. The predicted octanol–water partition coefficient (Wildman–Crippen LogP) is 3.58. The number of amides is 1. The number of phenolic OH excluding ortho intramolecular Hbond substituents is 1. The topological polar surface area (TPSA) is 119 Å². The first-order chi connectivity index (χ1) is 18.4. The smallest absolute Gasteiger partial charge is 0.419 e. The van der Waals surface area contributed by atoms with Gasteiger partial charge in [0.2, 0.25) is 11.9 Å². The quantitative estimate of drug-likeness (QED) is 0.366. The highest BCUT2D eigenvalue weighted by Crippen LogP contribution is 2.41. The SMILES string of the molecule is Cn1nc(-c2cc(C(F)(F)F)c(F)c(O)c2F)c2cnc(N3CCO[C@@H](Cc4ccc(C(N)=O)cc4)C3)nc21. The lowest BCUT2D eigenvalue weighted by molar-refractivity contribution is -0.140. The minimum Gasteiger partial charge on any atom is -0.503 e. The number of phenols is 1. The molecule has 1 atom stereocenters. The fourth-order valence-corrected chi connectivity index (χ4v) is 4.47. The molecular weight excluding hydrogens is 527 g/mol. The molecule has 0 bridgehead atoms. The molecule has 3 N–H and O–H groups in total. The molecule has 2 aromatic heterocycles. The third-order valence-corrected chi connectivity index (χ3v) is 6.43. The molecule has 1 fully saturated rings. The number of halogens is 5. The summed E-state index contributed by atoms with van der Waals surface area (Å²) in [5, 5.41) is 13.9. The van der Waals surface area contributed by atoms with Gasteiger partial charge in [-0.15, -0.1) is 0 Å². The summed E-state index contributed by atoms with van der Waals surface area (Å²) >= 11 is 0. The van der Waals surface area contributed by atoms with Gasteiger partial charge < -0.3 is 20.5 Å². The third-order valence-electron chi connectivity index (χ3n) is 6.43. The first kappa shape index (κ1) is 26.3. The van der Waals surface area contributed by atoms with Crippen molar-refractivity contribution in [1.29, 1.82) is 0 Å². The molecule has 1 aliphatic rings. The number of rotatable bonds is 5. The Morgan fingerprint density at radius 1 is 1.21 bits per heavy atom. The Morgan fingerprint density at radius 2 is 1.92 bits per heavy atom. The van der Waals surface area contributed by atoms with Gasteiger partial charge in [0, 0.05) is 43.9 Å². The van der Waals surface area contributed by atoms with Crippen LogP contribution in [0.5, 0.6) is 5.75 Å². The van der Waals surface area contributed by atoms with E-state index in [0.717, 1.165) is 5.56 Å². The van der Waals surface area contributed by atoms with Crippen molar-refractivity contribution in [2.24, 2.45) is 12.8 Å². The fourth-order valence-electron chi connectivity index (χ4n) is 4.47. The van der Waals surface area contributed by atoms with E-state index in [4.69, 9.17) is 10.5 Å². The Bertz CT molecular complexity index is 1570. The van der Waals surface area contributed by atoms with Crippen LogP contribution in [0, 0.1) is 11.6 Å². The molecule has 0 radical (unpaired) electrons. The molecule has 1 aliphatic heterocycles. The van der Waals surface area contributed by atoms with Crippen molar-refractivity contribution in [3.63, 3.8) is 0 Å². The normalized spacial score (nSPS) is 16.2. The van der Waals surface area contributed by atoms with Crippen LogP contribution < -0.4 is 10.6 Å². The molecule has 14 heteroatoms. The first-order valence-electron chi connectivity index (χ1n) is 11.7. The minimum atomic E-state index is -5.17. The van der Waals surface area contributed by atoms with Crippen LogP contribution >= 0.6 is 0 Å². The lowest BCUT2D eigenvalue weighted by Gasteiger charge is -2.33. The summed E-state index contributed by atoms with van der Waals surface area (Å²) in [7, 11) is 1.46. The van der Waals surface area contributed by atoms with Gasteiger partial charge in [-0.25, -0.2) is 18.4 Å². The van der Waals surface area contributed by atoms with Crippen molar-refractivity contribution >= 4 is 22.9 Å². The second kappa shape index (κ2) is 9.76. The molecule has 0 saturated carbocycles. The van der Waals surface area contributed by atoms with E-state index in [1.807, 2.05) is 4.90 Å². The Labute approximate surface area is 217 Å². The summed E-state index contributed by atoms with van der Waals surface area (Å²) in [6.45, 7) is 1.26. The van der Waals surface area contributed by atoms with E-state index >= 15 is 0 Å². The van der Waals surface area contributed by atoms with Crippen LogP contribution in [0.2, 0.25) is 0 Å². The second-order valence-corrected chi connectivity index (χ2v) is 9.03. The van der Waals surface area contributed by atoms with Crippen LogP contribution in [-0.2, 0) is 24.4 Å². The molecule has 1 amide bonds. The lowest BCUT2D eigenvalue weighted by atomic mass is 10.0. The van der Waals surface area contributed by atoms with Crippen LogP contribution in [0.25, 0.3) is 22.3 Å². The predicted molar refractivity (Wildman–Crippen MR) is 129 cm³/mol. The van der Waals surface area contributed by atoms with E-state index in [9.17, 15) is 31.9 Å². The van der Waals surface area contributed by atoms with Gasteiger partial charge in [-0.2, -0.15) is 23.3 Å². The number of benzene rings is 2. The van der Waals surface area contributed by atoms with E-state index in [-0.39, 0.29) is 28.9 Å². The van der Waals surface area contributed by atoms with Crippen molar-refractivity contribution < 1.29 is 36.6 Å². The molecule has 1 saturated heterocycles. The maximum Gasteiger partial charge on any atom is 0.419 e. The number of nitrogens with zero attached hydrogens (tertiary/aromatic N) is 5. The van der Waals surface area contributed by atoms with Crippen LogP contribution in [0.3, 0.4) is 0 Å². The van der Waals surface area contributed by atoms with Gasteiger partial charge in [0.25, 0.3) is 0 Å². The molecule has 0 spiro atoms. The molecule has 39 heavy (non-hydrogen) atoms. The van der Waals surface area contributed by atoms with E-state index in [1.54, 1.807) is 24.3 Å². The number of alkyl halides is 3. The highest BCUT2D eigenvalue weighted by atomic mass is 19.4. The first-order valence-corrected chi connectivity index (χ1v) is 11.7. The summed E-state index contributed by atoms with van der Waals surface area (Å²) in [5.74, 6) is -5.66. The van der Waals surface area contributed by atoms with E-state index in [2.05, 4.69) is 15.1 Å². The minimum absolute atomic E-state index is 0.110. The molecule has 0 aliphatic carbocycles. The summed E-state index contributed by atoms with van der Waals surface area (Å²) in [5.41, 5.74) is 3.96. The molecule has 4 aromatic rings. The Hall–Kier alpha value is -4.33. The van der Waals surface area contributed by atoms with Gasteiger partial charge in [-0.05, 0) is 23.8 Å². The Morgan fingerprint density at radius 3 is 2.59 bits per heavy atom. The summed E-state index contributed by atoms with van der Waals surface area (Å²) in [6, 6.07) is 7.12. The van der Waals surface area contributed by atoms with Crippen molar-refractivity contribution in [1.82, 2.24) is 19.7 Å². The summed E-state index contributed by atoms with van der Waals surface area (Å²) in [6.07, 6.45) is -3.56. The van der Waals surface area contributed by atoms with Crippen LogP contribution in [0.15, 0.2) is 36.5 Å². The van der Waals surface area contributed by atoms with Gasteiger partial charge >= 0.3 is 6.18 Å². The van der Waals surface area contributed by atoms with E-state index in [1.165, 1.54) is 17.9 Å². The van der Waals surface area contributed by atoms with Crippen molar-refractivity contribution in [2.75, 3.05) is 24.6 Å². The summed E-state index contributed by atoms with van der Waals surface area (Å²) < 4.78 is 75.7. The van der Waals surface area contributed by atoms with Crippen molar-refractivity contribution in [3.8, 4) is 17.0 Å². The number of aryl methyl sites for hydroxylation is 1. The van der Waals surface area contributed by atoms with Crippen LogP contribution in [0.4, 0.5) is 27.9 Å². The maximum absolute atomic E-state index is 14.7. The molecule has 3 heterocycles. The van der Waals surface area contributed by atoms with E-state index in [0.29, 0.717) is 37.6 Å². The molecule has 2 aromatic carbocycles. The highest BCUT2D eigenvalue weighted by Gasteiger charge is 2.38. The zero-order valence-electron chi connectivity index (χ0n) is 20.3. The van der Waals surface area contributed by atoms with Crippen LogP contribution in [-0.4, -0.2) is 56.6 Å². The highest BCUT2D eigenvalue weighted by molar-refractivity contribution is 5.93. The standard InChI is InChI=1S/C25H21F5N6O3/c1-35-23-16(20(34-35)15-9-17(25(28,29)30)19(27)21(37)18(15)26)10-32-24(33-23)36-6-7-39-14(11-36)8-12-2-4-13(5-3-12)22(31)38/h2-5,9-10,14,37H,6-8,11H2,1H3,(H2,31,38)/t14-/m0/s1. The number of carbonyl (C=O) groups excluding carboxylic acids is 1. The van der Waals surface area contributed by atoms with Crippen molar-refractivity contribution in [3.05, 3.63) is 64.9 Å². The number of hydrogen-bond donors (Lipinski definition) is 2. The fraction of sp³-hybridized carbons (Fsp3) is 0.280.